The highest BCUT2D eigenvalue weighted by Crippen LogP contribution is 2.15. The minimum atomic E-state index is -3.69. The number of hydrogen-bond acceptors (Lipinski definition) is 3. The third-order valence-electron chi connectivity index (χ3n) is 2.82. The van der Waals surface area contributed by atoms with Crippen LogP contribution in [0.5, 0.6) is 0 Å². The van der Waals surface area contributed by atoms with Gasteiger partial charge in [0.2, 0.25) is 0 Å². The molecule has 6 nitrogen and oxygen atoms in total. The van der Waals surface area contributed by atoms with Crippen LogP contribution in [0.3, 0.4) is 0 Å². The summed E-state index contributed by atoms with van der Waals surface area (Å²) in [5, 5.41) is 7.55. The number of nitrogens with two attached hydrogens (primary N) is 1. The maximum Gasteiger partial charge on any atom is 0.280 e. The molecule has 0 aliphatic heterocycles. The average molecular weight is 284 g/mol. The molecule has 1 aromatic rings. The van der Waals surface area contributed by atoms with Gasteiger partial charge in [-0.25, -0.2) is 0 Å². The zero-order chi connectivity index (χ0) is 14.6. The fourth-order valence-corrected chi connectivity index (χ4v) is 2.75. The first-order valence-electron chi connectivity index (χ1n) is 5.90. The van der Waals surface area contributed by atoms with Crippen molar-refractivity contribution in [1.82, 2.24) is 9.03 Å². The Morgan fingerprint density at radius 1 is 1.32 bits per heavy atom. The van der Waals surface area contributed by atoms with E-state index in [0.29, 0.717) is 5.56 Å². The van der Waals surface area contributed by atoms with Crippen molar-refractivity contribution in [3.05, 3.63) is 35.9 Å². The Labute approximate surface area is 114 Å². The maximum atomic E-state index is 12.1. The first kappa shape index (κ1) is 15.6. The highest BCUT2D eigenvalue weighted by molar-refractivity contribution is 7.87. The SMILES string of the molecule is CC(C)N(C)S(=O)(=O)NC(C(=N)N)c1ccccc1. The summed E-state index contributed by atoms with van der Waals surface area (Å²) in [6.45, 7) is 3.54. The third-order valence-corrected chi connectivity index (χ3v) is 4.53. The molecule has 4 N–H and O–H groups in total. The minimum Gasteiger partial charge on any atom is -0.386 e. The summed E-state index contributed by atoms with van der Waals surface area (Å²) in [7, 11) is -2.21. The van der Waals surface area contributed by atoms with Gasteiger partial charge in [-0.05, 0) is 19.4 Å². The van der Waals surface area contributed by atoms with Crippen LogP contribution in [-0.2, 0) is 10.2 Å². The summed E-state index contributed by atoms with van der Waals surface area (Å²) in [6, 6.07) is 7.77. The molecule has 1 unspecified atom stereocenters. The average Bonchev–Trinajstić information content (AvgIpc) is 2.35. The van der Waals surface area contributed by atoms with Crippen molar-refractivity contribution in [2.45, 2.75) is 25.9 Å². The zero-order valence-corrected chi connectivity index (χ0v) is 12.1. The van der Waals surface area contributed by atoms with Crippen molar-refractivity contribution in [3.63, 3.8) is 0 Å². The van der Waals surface area contributed by atoms with Crippen LogP contribution in [0, 0.1) is 5.41 Å². The van der Waals surface area contributed by atoms with Crippen LogP contribution in [-0.4, -0.2) is 31.6 Å². The Hall–Kier alpha value is -1.44. The Morgan fingerprint density at radius 3 is 2.26 bits per heavy atom. The largest absolute Gasteiger partial charge is 0.386 e. The molecular formula is C12H20N4O2S. The van der Waals surface area contributed by atoms with Gasteiger partial charge in [-0.1, -0.05) is 30.3 Å². The summed E-state index contributed by atoms with van der Waals surface area (Å²) in [6.07, 6.45) is 0. The topological polar surface area (TPSA) is 99.3 Å². The molecule has 0 aliphatic rings. The van der Waals surface area contributed by atoms with Crippen LogP contribution in [0.15, 0.2) is 30.3 Å². The molecule has 0 amide bonds. The van der Waals surface area contributed by atoms with E-state index in [1.165, 1.54) is 11.4 Å². The van der Waals surface area contributed by atoms with Crippen LogP contribution in [0.25, 0.3) is 0 Å². The molecule has 0 aliphatic carbocycles. The van der Waals surface area contributed by atoms with Gasteiger partial charge >= 0.3 is 0 Å². The van der Waals surface area contributed by atoms with Crippen molar-refractivity contribution in [2.24, 2.45) is 5.73 Å². The van der Waals surface area contributed by atoms with Gasteiger partial charge < -0.3 is 5.73 Å². The van der Waals surface area contributed by atoms with Crippen LogP contribution in [0.4, 0.5) is 0 Å². The Morgan fingerprint density at radius 2 is 1.84 bits per heavy atom. The summed E-state index contributed by atoms with van der Waals surface area (Å²) < 4.78 is 27.9. The second-order valence-electron chi connectivity index (χ2n) is 4.53. The first-order valence-corrected chi connectivity index (χ1v) is 7.34. The summed E-state index contributed by atoms with van der Waals surface area (Å²) in [4.78, 5) is 0. The molecule has 0 aromatic heterocycles. The van der Waals surface area contributed by atoms with Crippen molar-refractivity contribution in [1.29, 1.82) is 5.41 Å². The molecule has 0 saturated heterocycles. The third kappa shape index (κ3) is 4.02. The molecule has 0 radical (unpaired) electrons. The molecule has 1 aromatic carbocycles. The monoisotopic (exact) mass is 284 g/mol. The van der Waals surface area contributed by atoms with E-state index in [1.807, 2.05) is 6.07 Å². The zero-order valence-electron chi connectivity index (χ0n) is 11.3. The molecule has 106 valence electrons. The van der Waals surface area contributed by atoms with Crippen LogP contribution < -0.4 is 10.5 Å². The molecule has 7 heteroatoms. The predicted octanol–water partition coefficient (Wildman–Crippen LogP) is 0.838. The van der Waals surface area contributed by atoms with Gasteiger partial charge in [-0.15, -0.1) is 0 Å². The van der Waals surface area contributed by atoms with E-state index in [2.05, 4.69) is 4.72 Å². The lowest BCUT2D eigenvalue weighted by atomic mass is 10.1. The summed E-state index contributed by atoms with van der Waals surface area (Å²) >= 11 is 0. The predicted molar refractivity (Wildman–Crippen MR) is 76.1 cm³/mol. The maximum absolute atomic E-state index is 12.1. The number of nitrogens with zero attached hydrogens (tertiary/aromatic N) is 1. The lowest BCUT2D eigenvalue weighted by Gasteiger charge is -2.25. The minimum absolute atomic E-state index is 0.180. The second kappa shape index (κ2) is 6.14. The Balaban J connectivity index is 3.02. The fourth-order valence-electron chi connectivity index (χ4n) is 1.47. The number of benzene rings is 1. The van der Waals surface area contributed by atoms with Gasteiger partial charge in [0.25, 0.3) is 10.2 Å². The van der Waals surface area contributed by atoms with Gasteiger partial charge in [0, 0.05) is 13.1 Å². The van der Waals surface area contributed by atoms with Crippen LogP contribution in [0.2, 0.25) is 0 Å². The molecular weight excluding hydrogens is 264 g/mol. The summed E-state index contributed by atoms with van der Waals surface area (Å²) in [5.74, 6) is -0.244. The van der Waals surface area contributed by atoms with E-state index in [9.17, 15) is 8.42 Å². The Bertz CT molecular complexity index is 528. The molecule has 1 rings (SSSR count). The van der Waals surface area contributed by atoms with Crippen molar-refractivity contribution >= 4 is 16.0 Å². The lowest BCUT2D eigenvalue weighted by Crippen LogP contribution is -2.46. The van der Waals surface area contributed by atoms with Gasteiger partial charge in [0.05, 0.1) is 0 Å². The highest BCUT2D eigenvalue weighted by Gasteiger charge is 2.26. The van der Waals surface area contributed by atoms with Crippen molar-refractivity contribution in [3.8, 4) is 0 Å². The summed E-state index contributed by atoms with van der Waals surface area (Å²) in [5.41, 5.74) is 6.12. The van der Waals surface area contributed by atoms with Crippen LogP contribution in [0.1, 0.15) is 25.5 Å². The van der Waals surface area contributed by atoms with Gasteiger partial charge in [0.1, 0.15) is 11.9 Å². The molecule has 19 heavy (non-hydrogen) atoms. The fraction of sp³-hybridized carbons (Fsp3) is 0.417. The highest BCUT2D eigenvalue weighted by atomic mass is 32.2. The first-order chi connectivity index (χ1) is 8.75. The van der Waals surface area contributed by atoms with E-state index in [1.54, 1.807) is 38.1 Å². The molecule has 0 bridgehead atoms. The number of amidine groups is 1. The van der Waals surface area contributed by atoms with Crippen molar-refractivity contribution < 1.29 is 8.42 Å². The molecule has 0 saturated carbocycles. The van der Waals surface area contributed by atoms with E-state index in [4.69, 9.17) is 11.1 Å². The van der Waals surface area contributed by atoms with Gasteiger partial charge in [0.15, 0.2) is 0 Å². The smallest absolute Gasteiger partial charge is 0.280 e. The number of hydrogen-bond donors (Lipinski definition) is 3. The quantitative estimate of drug-likeness (QED) is 0.533. The molecule has 1 atom stereocenters. The second-order valence-corrected chi connectivity index (χ2v) is 6.29. The van der Waals surface area contributed by atoms with E-state index in [-0.39, 0.29) is 11.9 Å². The van der Waals surface area contributed by atoms with Gasteiger partial charge in [-0.2, -0.15) is 17.4 Å². The normalized spacial score (nSPS) is 13.7. The molecule has 0 heterocycles. The van der Waals surface area contributed by atoms with E-state index < -0.39 is 16.3 Å². The van der Waals surface area contributed by atoms with Crippen LogP contribution >= 0.6 is 0 Å². The van der Waals surface area contributed by atoms with Gasteiger partial charge in [-0.3, -0.25) is 5.41 Å². The van der Waals surface area contributed by atoms with E-state index >= 15 is 0 Å². The standard InChI is InChI=1S/C12H20N4O2S/c1-9(2)16(3)19(17,18)15-11(12(13)14)10-7-5-4-6-8-10/h4-9,11,15H,1-3H3,(H3,13,14). The van der Waals surface area contributed by atoms with Crippen molar-refractivity contribution in [2.75, 3.05) is 7.05 Å². The molecule has 0 fully saturated rings. The Kier molecular flexibility index (Phi) is 5.04. The lowest BCUT2D eigenvalue weighted by molar-refractivity contribution is 0.400. The number of rotatable bonds is 6. The molecule has 0 spiro atoms. The van der Waals surface area contributed by atoms with E-state index in [0.717, 1.165) is 0 Å². The number of nitrogens with one attached hydrogen (secondary N) is 2.